The number of nitrogens with one attached hydrogen (secondary N) is 2. The first-order chi connectivity index (χ1) is 16.6. The van der Waals surface area contributed by atoms with Crippen LogP contribution in [0.4, 0.5) is 11.4 Å². The second-order valence-electron chi connectivity index (χ2n) is 8.46. The Morgan fingerprint density at radius 1 is 1.00 bits per heavy atom. The lowest BCUT2D eigenvalue weighted by molar-refractivity contribution is 0.102. The Bertz CT molecular complexity index is 1540. The van der Waals surface area contributed by atoms with Gasteiger partial charge in [0.2, 0.25) is 0 Å². The molecule has 4 rings (SSSR count). The maximum atomic E-state index is 12.9. The van der Waals surface area contributed by atoms with Crippen LogP contribution < -0.4 is 15.8 Å². The summed E-state index contributed by atoms with van der Waals surface area (Å²) in [4.78, 5) is 27.0. The number of aryl methyl sites for hydroxylation is 1. The molecule has 0 atom stereocenters. The van der Waals surface area contributed by atoms with Gasteiger partial charge in [-0.25, -0.2) is 13.2 Å². The summed E-state index contributed by atoms with van der Waals surface area (Å²) in [5.74, 6) is -0.952. The molecule has 0 radical (unpaired) electrons. The average molecular weight is 495 g/mol. The molecule has 9 nitrogen and oxygen atoms in total. The summed E-state index contributed by atoms with van der Waals surface area (Å²) < 4.78 is 35.0. The zero-order valence-corrected chi connectivity index (χ0v) is 20.4. The number of hydrogen-bond donors (Lipinski definition) is 2. The van der Waals surface area contributed by atoms with Crippen molar-refractivity contribution in [1.29, 1.82) is 0 Å². The number of sulfonamides is 1. The van der Waals surface area contributed by atoms with Crippen molar-refractivity contribution in [3.63, 3.8) is 0 Å². The SMILES string of the molecule is Cc1ccc(NS(=O)(=O)c2cccc(C(=O)Nc3ccc4oc(=O)n(CCN(C)C)c4c3)c2)cc1. The number of oxazole rings is 1. The fourth-order valence-electron chi connectivity index (χ4n) is 3.50. The Morgan fingerprint density at radius 3 is 2.43 bits per heavy atom. The minimum absolute atomic E-state index is 0.0338. The Balaban J connectivity index is 1.55. The van der Waals surface area contributed by atoms with Crippen molar-refractivity contribution >= 4 is 38.4 Å². The van der Waals surface area contributed by atoms with Crippen molar-refractivity contribution in [2.45, 2.75) is 18.4 Å². The molecule has 0 spiro atoms. The molecule has 0 saturated heterocycles. The number of likely N-dealkylation sites (N-methyl/N-ethyl adjacent to an activating group) is 1. The molecule has 182 valence electrons. The van der Waals surface area contributed by atoms with E-state index in [9.17, 15) is 18.0 Å². The van der Waals surface area contributed by atoms with Crippen LogP contribution in [0.5, 0.6) is 0 Å². The summed E-state index contributed by atoms with van der Waals surface area (Å²) in [6, 6.07) is 17.6. The Labute approximate surface area is 203 Å². The number of carbonyl (C=O) groups is 1. The maximum absolute atomic E-state index is 12.9. The van der Waals surface area contributed by atoms with Gasteiger partial charge in [-0.2, -0.15) is 0 Å². The summed E-state index contributed by atoms with van der Waals surface area (Å²) in [5.41, 5.74) is 3.05. The van der Waals surface area contributed by atoms with Crippen LogP contribution in [-0.4, -0.2) is 44.4 Å². The van der Waals surface area contributed by atoms with E-state index in [0.717, 1.165) is 5.56 Å². The first-order valence-electron chi connectivity index (χ1n) is 10.9. The molecule has 35 heavy (non-hydrogen) atoms. The molecule has 0 bridgehead atoms. The predicted molar refractivity (Wildman–Crippen MR) is 135 cm³/mol. The molecule has 3 aromatic carbocycles. The second-order valence-corrected chi connectivity index (χ2v) is 10.1. The number of aromatic nitrogens is 1. The number of benzene rings is 3. The molecule has 0 saturated carbocycles. The van der Waals surface area contributed by atoms with Gasteiger partial charge in [0.05, 0.1) is 10.4 Å². The summed E-state index contributed by atoms with van der Waals surface area (Å²) in [7, 11) is -0.0719. The molecule has 0 aliphatic carbocycles. The molecular weight excluding hydrogens is 468 g/mol. The number of fused-ring (bicyclic) bond motifs is 1. The molecule has 1 amide bonds. The summed E-state index contributed by atoms with van der Waals surface area (Å²) in [6.45, 7) is 2.99. The lowest BCUT2D eigenvalue weighted by atomic mass is 10.2. The van der Waals surface area contributed by atoms with Gasteiger partial charge in [0.25, 0.3) is 15.9 Å². The van der Waals surface area contributed by atoms with Gasteiger partial charge in [0, 0.05) is 30.0 Å². The van der Waals surface area contributed by atoms with Gasteiger partial charge in [0.1, 0.15) is 0 Å². The van der Waals surface area contributed by atoms with E-state index in [1.54, 1.807) is 42.5 Å². The molecule has 2 N–H and O–H groups in total. The number of rotatable bonds is 8. The zero-order chi connectivity index (χ0) is 25.2. The van der Waals surface area contributed by atoms with Crippen LogP contribution >= 0.6 is 0 Å². The van der Waals surface area contributed by atoms with Crippen LogP contribution in [0.2, 0.25) is 0 Å². The number of anilines is 2. The lowest BCUT2D eigenvalue weighted by Crippen LogP contribution is -2.23. The van der Waals surface area contributed by atoms with Gasteiger partial charge in [-0.3, -0.25) is 14.1 Å². The van der Waals surface area contributed by atoms with Gasteiger partial charge in [-0.05, 0) is 69.6 Å². The molecule has 0 fully saturated rings. The zero-order valence-electron chi connectivity index (χ0n) is 19.6. The first kappa shape index (κ1) is 24.2. The van der Waals surface area contributed by atoms with Crippen molar-refractivity contribution in [2.24, 2.45) is 0 Å². The van der Waals surface area contributed by atoms with E-state index in [0.29, 0.717) is 35.6 Å². The summed E-state index contributed by atoms with van der Waals surface area (Å²) in [5, 5.41) is 2.76. The average Bonchev–Trinajstić information content (AvgIpc) is 3.13. The van der Waals surface area contributed by atoms with E-state index in [1.165, 1.54) is 28.8 Å². The Hall–Kier alpha value is -3.89. The predicted octanol–water partition coefficient (Wildman–Crippen LogP) is 3.52. The number of hydrogen-bond acceptors (Lipinski definition) is 6. The van der Waals surface area contributed by atoms with Gasteiger partial charge < -0.3 is 14.6 Å². The van der Waals surface area contributed by atoms with Crippen LogP contribution in [0, 0.1) is 6.92 Å². The van der Waals surface area contributed by atoms with Crippen molar-refractivity contribution in [3.8, 4) is 0 Å². The standard InChI is InChI=1S/C25H26N4O5S/c1-17-7-9-19(10-8-17)27-35(32,33)21-6-4-5-18(15-21)24(30)26-20-11-12-23-22(16-20)29(25(31)34-23)14-13-28(2)3/h4-12,15-16,27H,13-14H2,1-3H3,(H,26,30). The molecule has 0 aliphatic heterocycles. The monoisotopic (exact) mass is 494 g/mol. The van der Waals surface area contributed by atoms with Gasteiger partial charge in [0.15, 0.2) is 5.58 Å². The second kappa shape index (κ2) is 9.77. The van der Waals surface area contributed by atoms with Crippen molar-refractivity contribution < 1.29 is 17.6 Å². The Morgan fingerprint density at radius 2 is 1.71 bits per heavy atom. The summed E-state index contributed by atoms with van der Waals surface area (Å²) in [6.07, 6.45) is 0. The highest BCUT2D eigenvalue weighted by atomic mass is 32.2. The minimum Gasteiger partial charge on any atom is -0.408 e. The fraction of sp³-hybridized carbons (Fsp3) is 0.200. The van der Waals surface area contributed by atoms with Crippen LogP contribution in [0.15, 0.2) is 80.8 Å². The van der Waals surface area contributed by atoms with Gasteiger partial charge in [-0.15, -0.1) is 0 Å². The minimum atomic E-state index is -3.88. The molecule has 1 heterocycles. The number of carbonyl (C=O) groups excluding carboxylic acids is 1. The van der Waals surface area contributed by atoms with Gasteiger partial charge >= 0.3 is 5.76 Å². The molecule has 1 aromatic heterocycles. The van der Waals surface area contributed by atoms with E-state index < -0.39 is 21.7 Å². The van der Waals surface area contributed by atoms with Crippen molar-refractivity contribution in [2.75, 3.05) is 30.7 Å². The largest absolute Gasteiger partial charge is 0.419 e. The smallest absolute Gasteiger partial charge is 0.408 e. The highest BCUT2D eigenvalue weighted by Crippen LogP contribution is 2.21. The topological polar surface area (TPSA) is 114 Å². The van der Waals surface area contributed by atoms with Crippen LogP contribution in [0.25, 0.3) is 11.1 Å². The Kier molecular flexibility index (Phi) is 6.77. The number of nitrogens with zero attached hydrogens (tertiary/aromatic N) is 2. The van der Waals surface area contributed by atoms with Gasteiger partial charge in [-0.1, -0.05) is 23.8 Å². The lowest BCUT2D eigenvalue weighted by Gasteiger charge is -2.11. The van der Waals surface area contributed by atoms with E-state index in [1.807, 2.05) is 25.9 Å². The van der Waals surface area contributed by atoms with E-state index in [4.69, 9.17) is 4.42 Å². The molecule has 4 aromatic rings. The quantitative estimate of drug-likeness (QED) is 0.388. The molecular formula is C25H26N4O5S. The fourth-order valence-corrected chi connectivity index (χ4v) is 4.60. The van der Waals surface area contributed by atoms with Crippen molar-refractivity contribution in [1.82, 2.24) is 9.47 Å². The molecule has 0 aliphatic rings. The van der Waals surface area contributed by atoms with Crippen LogP contribution in [-0.2, 0) is 16.6 Å². The van der Waals surface area contributed by atoms with E-state index in [2.05, 4.69) is 10.0 Å². The third-order valence-electron chi connectivity index (χ3n) is 5.41. The highest BCUT2D eigenvalue weighted by Gasteiger charge is 2.17. The molecule has 0 unspecified atom stereocenters. The highest BCUT2D eigenvalue weighted by molar-refractivity contribution is 7.92. The normalized spacial score (nSPS) is 11.7. The van der Waals surface area contributed by atoms with Crippen LogP contribution in [0.1, 0.15) is 15.9 Å². The summed E-state index contributed by atoms with van der Waals surface area (Å²) >= 11 is 0. The third kappa shape index (κ3) is 5.61. The molecule has 10 heteroatoms. The van der Waals surface area contributed by atoms with Crippen LogP contribution in [0.3, 0.4) is 0 Å². The maximum Gasteiger partial charge on any atom is 0.419 e. The van der Waals surface area contributed by atoms with Crippen molar-refractivity contribution in [3.05, 3.63) is 88.4 Å². The number of amides is 1. The van der Waals surface area contributed by atoms with E-state index >= 15 is 0 Å². The first-order valence-corrected chi connectivity index (χ1v) is 12.4. The third-order valence-corrected chi connectivity index (χ3v) is 6.79. The van der Waals surface area contributed by atoms with E-state index in [-0.39, 0.29) is 10.5 Å².